The Morgan fingerprint density at radius 1 is 1.40 bits per heavy atom. The highest BCUT2D eigenvalue weighted by Crippen LogP contribution is 2.37. The molecule has 1 aliphatic carbocycles. The maximum Gasteiger partial charge on any atom is 0.0486 e. The smallest absolute Gasteiger partial charge is 0.0486 e. The number of nitrogens with two attached hydrogens (primary N) is 1. The number of nitrogens with one attached hydrogen (secondary N) is 1. The van der Waals surface area contributed by atoms with Crippen molar-refractivity contribution in [3.8, 4) is 0 Å². The fourth-order valence-electron chi connectivity index (χ4n) is 2.23. The van der Waals surface area contributed by atoms with Gasteiger partial charge in [-0.25, -0.2) is 0 Å². The van der Waals surface area contributed by atoms with Gasteiger partial charge in [-0.3, -0.25) is 0 Å². The topological polar surface area (TPSA) is 41.8 Å². The van der Waals surface area contributed by atoms with Crippen molar-refractivity contribution in [1.29, 1.82) is 0 Å². The van der Waals surface area contributed by atoms with Crippen molar-refractivity contribution in [3.05, 3.63) is 35.5 Å². The zero-order valence-corrected chi connectivity index (χ0v) is 9.01. The first-order valence-corrected chi connectivity index (χ1v) is 5.52. The number of rotatable bonds is 2. The molecular formula is C13H16N2. The van der Waals surface area contributed by atoms with Crippen LogP contribution in [0.1, 0.15) is 24.0 Å². The zero-order valence-electron chi connectivity index (χ0n) is 9.01. The summed E-state index contributed by atoms with van der Waals surface area (Å²) in [5, 5.41) is 1.34. The SMILES string of the molecule is Cc1cccc2c(CC3(N)CC3)c[nH]c12. The minimum absolute atomic E-state index is 0.0961. The molecule has 0 atom stereocenters. The van der Waals surface area contributed by atoms with Gasteiger partial charge < -0.3 is 10.7 Å². The van der Waals surface area contributed by atoms with Crippen LogP contribution in [0.5, 0.6) is 0 Å². The van der Waals surface area contributed by atoms with Crippen LogP contribution in [0.4, 0.5) is 0 Å². The van der Waals surface area contributed by atoms with Crippen LogP contribution in [-0.2, 0) is 6.42 Å². The van der Waals surface area contributed by atoms with E-state index in [0.29, 0.717) is 0 Å². The lowest BCUT2D eigenvalue weighted by Crippen LogP contribution is -2.24. The number of aromatic nitrogens is 1. The third-order valence-corrected chi connectivity index (χ3v) is 3.44. The van der Waals surface area contributed by atoms with Crippen LogP contribution in [-0.4, -0.2) is 10.5 Å². The van der Waals surface area contributed by atoms with Gasteiger partial charge in [0.25, 0.3) is 0 Å². The van der Waals surface area contributed by atoms with Crippen LogP contribution < -0.4 is 5.73 Å². The number of H-pyrrole nitrogens is 1. The summed E-state index contributed by atoms with van der Waals surface area (Å²) in [6.45, 7) is 2.14. The Bertz CT molecular complexity index is 506. The fraction of sp³-hybridized carbons (Fsp3) is 0.385. The quantitative estimate of drug-likeness (QED) is 0.768. The second kappa shape index (κ2) is 2.86. The molecule has 78 valence electrons. The van der Waals surface area contributed by atoms with E-state index in [1.54, 1.807) is 0 Å². The molecule has 2 nitrogen and oxygen atoms in total. The van der Waals surface area contributed by atoms with E-state index in [2.05, 4.69) is 36.3 Å². The second-order valence-electron chi connectivity index (χ2n) is 4.85. The molecule has 2 aromatic rings. The third-order valence-electron chi connectivity index (χ3n) is 3.44. The zero-order chi connectivity index (χ0) is 10.5. The van der Waals surface area contributed by atoms with Crippen LogP contribution >= 0.6 is 0 Å². The summed E-state index contributed by atoms with van der Waals surface area (Å²) in [6, 6.07) is 6.43. The van der Waals surface area contributed by atoms with Gasteiger partial charge in [-0.05, 0) is 37.3 Å². The van der Waals surface area contributed by atoms with Gasteiger partial charge in [-0.1, -0.05) is 18.2 Å². The molecule has 1 aromatic heterocycles. The predicted molar refractivity (Wildman–Crippen MR) is 62.9 cm³/mol. The molecule has 2 heteroatoms. The number of benzene rings is 1. The van der Waals surface area contributed by atoms with Crippen LogP contribution in [0, 0.1) is 6.92 Å². The molecule has 0 spiro atoms. The first-order chi connectivity index (χ1) is 7.18. The normalized spacial score (nSPS) is 18.3. The number of hydrogen-bond acceptors (Lipinski definition) is 1. The van der Waals surface area contributed by atoms with Gasteiger partial charge >= 0.3 is 0 Å². The molecule has 1 aromatic carbocycles. The van der Waals surface area contributed by atoms with E-state index >= 15 is 0 Å². The lowest BCUT2D eigenvalue weighted by molar-refractivity contribution is 0.675. The Morgan fingerprint density at radius 3 is 2.93 bits per heavy atom. The van der Waals surface area contributed by atoms with Gasteiger partial charge in [0.15, 0.2) is 0 Å². The van der Waals surface area contributed by atoms with E-state index in [9.17, 15) is 0 Å². The van der Waals surface area contributed by atoms with Gasteiger partial charge in [0.2, 0.25) is 0 Å². The third kappa shape index (κ3) is 1.45. The molecule has 0 amide bonds. The highest BCUT2D eigenvalue weighted by Gasteiger charge is 2.38. The molecule has 0 radical (unpaired) electrons. The summed E-state index contributed by atoms with van der Waals surface area (Å²) in [7, 11) is 0. The average molecular weight is 200 g/mol. The lowest BCUT2D eigenvalue weighted by Gasteiger charge is -2.06. The average Bonchev–Trinajstić information content (AvgIpc) is 2.78. The van der Waals surface area contributed by atoms with Crippen LogP contribution in [0.3, 0.4) is 0 Å². The highest BCUT2D eigenvalue weighted by atomic mass is 14.8. The monoisotopic (exact) mass is 200 g/mol. The molecular weight excluding hydrogens is 184 g/mol. The molecule has 0 saturated heterocycles. The number of fused-ring (bicyclic) bond motifs is 1. The van der Waals surface area contributed by atoms with Gasteiger partial charge in [0.05, 0.1) is 0 Å². The Morgan fingerprint density at radius 2 is 2.20 bits per heavy atom. The van der Waals surface area contributed by atoms with Crippen molar-refractivity contribution >= 4 is 10.9 Å². The Balaban J connectivity index is 2.08. The van der Waals surface area contributed by atoms with Crippen molar-refractivity contribution in [2.75, 3.05) is 0 Å². The summed E-state index contributed by atoms with van der Waals surface area (Å²) in [4.78, 5) is 3.35. The van der Waals surface area contributed by atoms with Crippen molar-refractivity contribution in [1.82, 2.24) is 4.98 Å². The van der Waals surface area contributed by atoms with E-state index in [1.807, 2.05) is 0 Å². The maximum atomic E-state index is 6.15. The molecule has 0 unspecified atom stereocenters. The van der Waals surface area contributed by atoms with E-state index in [0.717, 1.165) is 6.42 Å². The summed E-state index contributed by atoms with van der Waals surface area (Å²) >= 11 is 0. The van der Waals surface area contributed by atoms with E-state index in [1.165, 1.54) is 34.9 Å². The van der Waals surface area contributed by atoms with Gasteiger partial charge in [0.1, 0.15) is 0 Å². The molecule has 1 fully saturated rings. The van der Waals surface area contributed by atoms with E-state index in [-0.39, 0.29) is 5.54 Å². The van der Waals surface area contributed by atoms with Gasteiger partial charge in [0, 0.05) is 22.6 Å². The van der Waals surface area contributed by atoms with Crippen molar-refractivity contribution in [3.63, 3.8) is 0 Å². The van der Waals surface area contributed by atoms with Crippen LogP contribution in [0.2, 0.25) is 0 Å². The first-order valence-electron chi connectivity index (χ1n) is 5.52. The molecule has 0 bridgehead atoms. The van der Waals surface area contributed by atoms with Crippen molar-refractivity contribution < 1.29 is 0 Å². The molecule has 1 heterocycles. The standard InChI is InChI=1S/C13H16N2/c1-9-3-2-4-11-10(8-15-12(9)11)7-13(14)5-6-13/h2-4,8,15H,5-7,14H2,1H3. The molecule has 0 aliphatic heterocycles. The molecule has 3 rings (SSSR count). The fourth-order valence-corrected chi connectivity index (χ4v) is 2.23. The Labute approximate surface area is 89.5 Å². The number of para-hydroxylation sites is 1. The van der Waals surface area contributed by atoms with Crippen molar-refractivity contribution in [2.45, 2.75) is 31.7 Å². The summed E-state index contributed by atoms with van der Waals surface area (Å²) < 4.78 is 0. The Kier molecular flexibility index (Phi) is 1.71. The van der Waals surface area contributed by atoms with Crippen LogP contribution in [0.15, 0.2) is 24.4 Å². The minimum Gasteiger partial charge on any atom is -0.361 e. The summed E-state index contributed by atoms with van der Waals surface area (Å²) in [5.41, 5.74) is 10.2. The number of aromatic amines is 1. The minimum atomic E-state index is 0.0961. The number of aryl methyl sites for hydroxylation is 1. The molecule has 1 saturated carbocycles. The summed E-state index contributed by atoms with van der Waals surface area (Å²) in [6.07, 6.45) is 5.47. The Hall–Kier alpha value is -1.28. The highest BCUT2D eigenvalue weighted by molar-refractivity contribution is 5.86. The first kappa shape index (κ1) is 8.98. The van der Waals surface area contributed by atoms with E-state index in [4.69, 9.17) is 5.73 Å². The number of hydrogen-bond donors (Lipinski definition) is 2. The maximum absolute atomic E-state index is 6.15. The lowest BCUT2D eigenvalue weighted by atomic mass is 10.0. The second-order valence-corrected chi connectivity index (χ2v) is 4.85. The molecule has 15 heavy (non-hydrogen) atoms. The van der Waals surface area contributed by atoms with Crippen LogP contribution in [0.25, 0.3) is 10.9 Å². The molecule has 3 N–H and O–H groups in total. The largest absolute Gasteiger partial charge is 0.361 e. The van der Waals surface area contributed by atoms with Crippen molar-refractivity contribution in [2.24, 2.45) is 5.73 Å². The molecule has 1 aliphatic rings. The van der Waals surface area contributed by atoms with Gasteiger partial charge in [-0.2, -0.15) is 0 Å². The summed E-state index contributed by atoms with van der Waals surface area (Å²) in [5.74, 6) is 0. The van der Waals surface area contributed by atoms with E-state index < -0.39 is 0 Å². The van der Waals surface area contributed by atoms with Gasteiger partial charge in [-0.15, -0.1) is 0 Å². The predicted octanol–water partition coefficient (Wildman–Crippen LogP) is 2.51.